The smallest absolute Gasteiger partial charge is 0.239 e. The third kappa shape index (κ3) is 6.56. The van der Waals surface area contributed by atoms with Crippen LogP contribution in [0.2, 0.25) is 0 Å². The zero-order valence-electron chi connectivity index (χ0n) is 11.6. The summed E-state index contributed by atoms with van der Waals surface area (Å²) in [7, 11) is 1.61. The second kappa shape index (κ2) is 9.85. The van der Waals surface area contributed by atoms with Gasteiger partial charge in [-0.3, -0.25) is 9.59 Å². The van der Waals surface area contributed by atoms with Crippen LogP contribution in [0.15, 0.2) is 0 Å². The summed E-state index contributed by atoms with van der Waals surface area (Å²) in [5.41, 5.74) is 5.81. The predicted molar refractivity (Wildman–Crippen MR) is 70.0 cm³/mol. The molecule has 1 atom stereocenters. The molecule has 1 unspecified atom stereocenters. The normalized spacial score (nSPS) is 12.0. The number of ether oxygens (including phenoxy) is 1. The van der Waals surface area contributed by atoms with Gasteiger partial charge in [0.2, 0.25) is 11.8 Å². The molecule has 0 radical (unpaired) electrons. The minimum Gasteiger partial charge on any atom is -0.385 e. The highest BCUT2D eigenvalue weighted by atomic mass is 16.5. The van der Waals surface area contributed by atoms with E-state index in [2.05, 4.69) is 5.32 Å². The first-order valence-corrected chi connectivity index (χ1v) is 6.36. The van der Waals surface area contributed by atoms with Gasteiger partial charge in [-0.05, 0) is 26.7 Å². The molecular formula is C12H25N3O3. The number of rotatable bonds is 9. The molecule has 0 aliphatic rings. The van der Waals surface area contributed by atoms with Crippen molar-refractivity contribution in [1.82, 2.24) is 10.2 Å². The summed E-state index contributed by atoms with van der Waals surface area (Å²) in [4.78, 5) is 24.9. The molecule has 0 heterocycles. The molecule has 0 rings (SSSR count). The van der Waals surface area contributed by atoms with E-state index < -0.39 is 6.04 Å². The van der Waals surface area contributed by atoms with Crippen LogP contribution in [0.1, 0.15) is 26.7 Å². The summed E-state index contributed by atoms with van der Waals surface area (Å²) in [5, 5.41) is 2.66. The van der Waals surface area contributed by atoms with E-state index in [0.29, 0.717) is 26.1 Å². The van der Waals surface area contributed by atoms with Crippen LogP contribution in [-0.2, 0) is 14.3 Å². The molecule has 0 aliphatic heterocycles. The molecule has 3 N–H and O–H groups in total. The molecule has 0 saturated carbocycles. The Morgan fingerprint density at radius 2 is 2.06 bits per heavy atom. The molecular weight excluding hydrogens is 234 g/mol. The number of likely N-dealkylation sites (N-methyl/N-ethyl adjacent to an activating group) is 2. The number of hydrogen-bond donors (Lipinski definition) is 2. The first-order chi connectivity index (χ1) is 8.56. The second-order valence-corrected chi connectivity index (χ2v) is 4.05. The Morgan fingerprint density at radius 1 is 1.39 bits per heavy atom. The van der Waals surface area contributed by atoms with Crippen LogP contribution in [0.3, 0.4) is 0 Å². The van der Waals surface area contributed by atoms with Crippen LogP contribution in [0.25, 0.3) is 0 Å². The van der Waals surface area contributed by atoms with Gasteiger partial charge in [-0.1, -0.05) is 0 Å². The van der Waals surface area contributed by atoms with Crippen LogP contribution in [0.5, 0.6) is 0 Å². The number of nitrogens with two attached hydrogens (primary N) is 1. The highest BCUT2D eigenvalue weighted by molar-refractivity contribution is 5.87. The average Bonchev–Trinajstić information content (AvgIpc) is 2.35. The molecule has 18 heavy (non-hydrogen) atoms. The summed E-state index contributed by atoms with van der Waals surface area (Å²) in [6.07, 6.45) is 1.31. The fourth-order valence-electron chi connectivity index (χ4n) is 1.58. The molecule has 106 valence electrons. The maximum Gasteiger partial charge on any atom is 0.239 e. The van der Waals surface area contributed by atoms with Crippen molar-refractivity contribution in [2.45, 2.75) is 32.7 Å². The van der Waals surface area contributed by atoms with E-state index in [-0.39, 0.29) is 18.4 Å². The summed E-state index contributed by atoms with van der Waals surface area (Å²) in [5.74, 6) is -0.336. The van der Waals surface area contributed by atoms with Crippen molar-refractivity contribution < 1.29 is 14.3 Å². The zero-order chi connectivity index (χ0) is 14.0. The van der Waals surface area contributed by atoms with Gasteiger partial charge < -0.3 is 20.7 Å². The van der Waals surface area contributed by atoms with Gasteiger partial charge in [-0.25, -0.2) is 0 Å². The Balaban J connectivity index is 4.19. The van der Waals surface area contributed by atoms with Crippen LogP contribution in [-0.4, -0.2) is 56.1 Å². The SMILES string of the molecule is CCNC(=O)CN(CC)C(=O)C(N)CCCOC. The van der Waals surface area contributed by atoms with E-state index in [1.807, 2.05) is 13.8 Å². The molecule has 0 saturated heterocycles. The minimum atomic E-state index is -0.561. The lowest BCUT2D eigenvalue weighted by Crippen LogP contribution is -2.47. The summed E-state index contributed by atoms with van der Waals surface area (Å²) in [6.45, 7) is 5.37. The molecule has 0 aromatic heterocycles. The molecule has 0 spiro atoms. The molecule has 0 aromatic carbocycles. The molecule has 6 heteroatoms. The van der Waals surface area contributed by atoms with Gasteiger partial charge in [0.1, 0.15) is 0 Å². The van der Waals surface area contributed by atoms with E-state index >= 15 is 0 Å². The van der Waals surface area contributed by atoms with Crippen molar-refractivity contribution >= 4 is 11.8 Å². The zero-order valence-corrected chi connectivity index (χ0v) is 11.6. The number of nitrogens with zero attached hydrogens (tertiary/aromatic N) is 1. The standard InChI is InChI=1S/C12H25N3O3/c1-4-14-11(16)9-15(5-2)12(17)10(13)7-6-8-18-3/h10H,4-9,13H2,1-3H3,(H,14,16). The molecule has 2 amide bonds. The monoisotopic (exact) mass is 259 g/mol. The topological polar surface area (TPSA) is 84.7 Å². The van der Waals surface area contributed by atoms with Crippen molar-refractivity contribution in [2.24, 2.45) is 5.73 Å². The Hall–Kier alpha value is -1.14. The number of methoxy groups -OCH3 is 1. The average molecular weight is 259 g/mol. The quantitative estimate of drug-likeness (QED) is 0.558. The number of nitrogens with one attached hydrogen (secondary N) is 1. The third-order valence-corrected chi connectivity index (χ3v) is 2.58. The molecule has 0 aliphatic carbocycles. The van der Waals surface area contributed by atoms with E-state index in [1.165, 1.54) is 4.90 Å². The highest BCUT2D eigenvalue weighted by Gasteiger charge is 2.21. The lowest BCUT2D eigenvalue weighted by atomic mass is 10.1. The maximum absolute atomic E-state index is 12.0. The van der Waals surface area contributed by atoms with Crippen molar-refractivity contribution in [2.75, 3.05) is 33.4 Å². The Labute approximate surface area is 109 Å². The van der Waals surface area contributed by atoms with E-state index in [0.717, 1.165) is 6.42 Å². The van der Waals surface area contributed by atoms with Gasteiger partial charge in [-0.2, -0.15) is 0 Å². The highest BCUT2D eigenvalue weighted by Crippen LogP contribution is 2.01. The molecule has 0 aromatic rings. The van der Waals surface area contributed by atoms with Gasteiger partial charge in [-0.15, -0.1) is 0 Å². The summed E-state index contributed by atoms with van der Waals surface area (Å²) >= 11 is 0. The largest absolute Gasteiger partial charge is 0.385 e. The molecule has 6 nitrogen and oxygen atoms in total. The van der Waals surface area contributed by atoms with E-state index in [4.69, 9.17) is 10.5 Å². The lowest BCUT2D eigenvalue weighted by molar-refractivity contribution is -0.137. The number of carbonyl (C=O) groups is 2. The number of hydrogen-bond acceptors (Lipinski definition) is 4. The fraction of sp³-hybridized carbons (Fsp3) is 0.833. The van der Waals surface area contributed by atoms with Gasteiger partial charge in [0.05, 0.1) is 12.6 Å². The Kier molecular flexibility index (Phi) is 9.22. The van der Waals surface area contributed by atoms with Crippen LogP contribution in [0, 0.1) is 0 Å². The van der Waals surface area contributed by atoms with Crippen molar-refractivity contribution in [1.29, 1.82) is 0 Å². The van der Waals surface area contributed by atoms with Gasteiger partial charge in [0, 0.05) is 26.8 Å². The minimum absolute atomic E-state index is 0.0706. The van der Waals surface area contributed by atoms with E-state index in [9.17, 15) is 9.59 Å². The van der Waals surface area contributed by atoms with Crippen molar-refractivity contribution in [3.05, 3.63) is 0 Å². The van der Waals surface area contributed by atoms with E-state index in [1.54, 1.807) is 7.11 Å². The first kappa shape index (κ1) is 16.9. The maximum atomic E-state index is 12.0. The number of carbonyl (C=O) groups excluding carboxylic acids is 2. The Morgan fingerprint density at radius 3 is 2.56 bits per heavy atom. The predicted octanol–water partition coefficient (Wildman–Crippen LogP) is -0.275. The molecule has 0 bridgehead atoms. The number of amides is 2. The van der Waals surface area contributed by atoms with Crippen LogP contribution < -0.4 is 11.1 Å². The van der Waals surface area contributed by atoms with Gasteiger partial charge in [0.15, 0.2) is 0 Å². The van der Waals surface area contributed by atoms with Gasteiger partial charge in [0.25, 0.3) is 0 Å². The van der Waals surface area contributed by atoms with Crippen LogP contribution in [0.4, 0.5) is 0 Å². The first-order valence-electron chi connectivity index (χ1n) is 6.36. The fourth-order valence-corrected chi connectivity index (χ4v) is 1.58. The van der Waals surface area contributed by atoms with Crippen molar-refractivity contribution in [3.8, 4) is 0 Å². The van der Waals surface area contributed by atoms with Gasteiger partial charge >= 0.3 is 0 Å². The second-order valence-electron chi connectivity index (χ2n) is 4.05. The third-order valence-electron chi connectivity index (χ3n) is 2.58. The lowest BCUT2D eigenvalue weighted by Gasteiger charge is -2.23. The molecule has 0 fully saturated rings. The van der Waals surface area contributed by atoms with Crippen LogP contribution >= 0.6 is 0 Å². The Bertz CT molecular complexity index is 259. The summed E-state index contributed by atoms with van der Waals surface area (Å²) < 4.78 is 4.91. The van der Waals surface area contributed by atoms with Crippen molar-refractivity contribution in [3.63, 3.8) is 0 Å². The summed E-state index contributed by atoms with van der Waals surface area (Å²) in [6, 6.07) is -0.561.